The fourth-order valence-corrected chi connectivity index (χ4v) is 3.74. The lowest BCUT2D eigenvalue weighted by Gasteiger charge is -2.57. The van der Waals surface area contributed by atoms with Gasteiger partial charge < -0.3 is 10.5 Å². The molecule has 0 spiro atoms. The monoisotopic (exact) mass is 256 g/mol. The van der Waals surface area contributed by atoms with Gasteiger partial charge in [-0.25, -0.2) is 0 Å². The average molecular weight is 256 g/mol. The molecule has 1 atom stereocenters. The SMILES string of the molecule is COCCN(C(C)C)C1(CN)CCCCC1(C)C. The van der Waals surface area contributed by atoms with Gasteiger partial charge in [-0.1, -0.05) is 26.7 Å². The van der Waals surface area contributed by atoms with Gasteiger partial charge in [0.05, 0.1) is 6.61 Å². The molecule has 1 fully saturated rings. The standard InChI is InChI=1S/C15H32N2O/c1-13(2)17(10-11-18-5)15(12-16)9-7-6-8-14(15,3)4/h13H,6-12,16H2,1-5H3. The molecule has 0 bridgehead atoms. The summed E-state index contributed by atoms with van der Waals surface area (Å²) in [4.78, 5) is 2.59. The van der Waals surface area contributed by atoms with Gasteiger partial charge in [0.1, 0.15) is 0 Å². The van der Waals surface area contributed by atoms with Crippen LogP contribution in [0, 0.1) is 5.41 Å². The summed E-state index contributed by atoms with van der Waals surface area (Å²) >= 11 is 0. The Bertz CT molecular complexity index is 253. The molecule has 0 heterocycles. The first-order valence-corrected chi connectivity index (χ1v) is 7.37. The van der Waals surface area contributed by atoms with E-state index in [1.165, 1.54) is 25.7 Å². The summed E-state index contributed by atoms with van der Waals surface area (Å²) in [6.45, 7) is 11.9. The lowest BCUT2D eigenvalue weighted by Crippen LogP contribution is -2.66. The van der Waals surface area contributed by atoms with Gasteiger partial charge in [0.2, 0.25) is 0 Å². The van der Waals surface area contributed by atoms with Crippen molar-refractivity contribution in [3.05, 3.63) is 0 Å². The number of nitrogens with zero attached hydrogens (tertiary/aromatic N) is 1. The van der Waals surface area contributed by atoms with E-state index in [9.17, 15) is 0 Å². The van der Waals surface area contributed by atoms with Crippen LogP contribution in [0.4, 0.5) is 0 Å². The van der Waals surface area contributed by atoms with Crippen LogP contribution in [0.25, 0.3) is 0 Å². The molecule has 1 saturated carbocycles. The van der Waals surface area contributed by atoms with Crippen molar-refractivity contribution in [1.29, 1.82) is 0 Å². The van der Waals surface area contributed by atoms with Crippen LogP contribution in [0.2, 0.25) is 0 Å². The second kappa shape index (κ2) is 6.36. The Labute approximate surface area is 113 Å². The zero-order valence-electron chi connectivity index (χ0n) is 13.0. The summed E-state index contributed by atoms with van der Waals surface area (Å²) in [7, 11) is 1.78. The minimum Gasteiger partial charge on any atom is -0.383 e. The summed E-state index contributed by atoms with van der Waals surface area (Å²) in [6.07, 6.45) is 5.14. The molecule has 2 N–H and O–H groups in total. The van der Waals surface area contributed by atoms with Crippen LogP contribution in [-0.2, 0) is 4.74 Å². The van der Waals surface area contributed by atoms with Crippen LogP contribution in [0.5, 0.6) is 0 Å². The number of rotatable bonds is 6. The maximum absolute atomic E-state index is 6.24. The highest BCUT2D eigenvalue weighted by molar-refractivity contribution is 5.05. The summed E-state index contributed by atoms with van der Waals surface area (Å²) < 4.78 is 5.29. The molecule has 1 aliphatic carbocycles. The average Bonchev–Trinajstić information content (AvgIpc) is 2.31. The Morgan fingerprint density at radius 3 is 2.28 bits per heavy atom. The van der Waals surface area contributed by atoms with Crippen molar-refractivity contribution in [1.82, 2.24) is 4.90 Å². The van der Waals surface area contributed by atoms with Crippen LogP contribution in [0.1, 0.15) is 53.4 Å². The van der Waals surface area contributed by atoms with Crippen LogP contribution in [-0.4, -0.2) is 43.3 Å². The molecule has 0 aromatic rings. The van der Waals surface area contributed by atoms with Crippen molar-refractivity contribution < 1.29 is 4.74 Å². The predicted molar refractivity (Wildman–Crippen MR) is 77.8 cm³/mol. The molecule has 0 aromatic heterocycles. The number of nitrogens with two attached hydrogens (primary N) is 1. The second-order valence-electron chi connectivity index (χ2n) is 6.61. The Kier molecular flexibility index (Phi) is 5.63. The normalized spacial score (nSPS) is 28.0. The quantitative estimate of drug-likeness (QED) is 0.794. The van der Waals surface area contributed by atoms with Gasteiger partial charge in [0, 0.05) is 31.8 Å². The smallest absolute Gasteiger partial charge is 0.0590 e. The first-order chi connectivity index (χ1) is 8.41. The van der Waals surface area contributed by atoms with Crippen molar-refractivity contribution in [2.45, 2.75) is 65.0 Å². The summed E-state index contributed by atoms with van der Waals surface area (Å²) in [5, 5.41) is 0. The lowest BCUT2D eigenvalue weighted by atomic mass is 9.62. The van der Waals surface area contributed by atoms with E-state index in [0.717, 1.165) is 19.7 Å². The molecule has 1 unspecified atom stereocenters. The number of hydrogen-bond acceptors (Lipinski definition) is 3. The maximum atomic E-state index is 6.24. The molecule has 1 aliphatic rings. The first kappa shape index (κ1) is 15.9. The van der Waals surface area contributed by atoms with E-state index in [4.69, 9.17) is 10.5 Å². The largest absolute Gasteiger partial charge is 0.383 e. The van der Waals surface area contributed by atoms with E-state index in [0.29, 0.717) is 6.04 Å². The second-order valence-corrected chi connectivity index (χ2v) is 6.61. The highest BCUT2D eigenvalue weighted by Crippen LogP contribution is 2.47. The maximum Gasteiger partial charge on any atom is 0.0590 e. The van der Waals surface area contributed by atoms with E-state index >= 15 is 0 Å². The molecular weight excluding hydrogens is 224 g/mol. The molecule has 0 aromatic carbocycles. The first-order valence-electron chi connectivity index (χ1n) is 7.37. The van der Waals surface area contributed by atoms with Crippen LogP contribution in [0.3, 0.4) is 0 Å². The minimum absolute atomic E-state index is 0.137. The van der Waals surface area contributed by atoms with Gasteiger partial charge >= 0.3 is 0 Å². The van der Waals surface area contributed by atoms with E-state index in [1.807, 2.05) is 0 Å². The lowest BCUT2D eigenvalue weighted by molar-refractivity contribution is -0.0691. The summed E-state index contributed by atoms with van der Waals surface area (Å²) in [5.74, 6) is 0. The minimum atomic E-state index is 0.137. The number of methoxy groups -OCH3 is 1. The molecule has 0 saturated heterocycles. The molecule has 1 rings (SSSR count). The molecule has 3 heteroatoms. The Morgan fingerprint density at radius 1 is 1.22 bits per heavy atom. The molecule has 108 valence electrons. The highest BCUT2D eigenvalue weighted by Gasteiger charge is 2.49. The zero-order chi connectivity index (χ0) is 13.8. The molecule has 0 amide bonds. The number of hydrogen-bond donors (Lipinski definition) is 1. The fourth-order valence-electron chi connectivity index (χ4n) is 3.74. The third-order valence-electron chi connectivity index (χ3n) is 4.95. The van der Waals surface area contributed by atoms with Gasteiger partial charge in [-0.3, -0.25) is 4.90 Å². The van der Waals surface area contributed by atoms with Gasteiger partial charge in [-0.2, -0.15) is 0 Å². The topological polar surface area (TPSA) is 38.5 Å². The molecule has 0 aliphatic heterocycles. The Morgan fingerprint density at radius 2 is 1.83 bits per heavy atom. The van der Waals surface area contributed by atoms with Crippen molar-refractivity contribution in [2.75, 3.05) is 26.8 Å². The van der Waals surface area contributed by atoms with E-state index in [-0.39, 0.29) is 11.0 Å². The fraction of sp³-hybridized carbons (Fsp3) is 1.00. The third kappa shape index (κ3) is 2.89. The van der Waals surface area contributed by atoms with Gasteiger partial charge in [0.15, 0.2) is 0 Å². The van der Waals surface area contributed by atoms with Crippen molar-refractivity contribution in [2.24, 2.45) is 11.1 Å². The third-order valence-corrected chi connectivity index (χ3v) is 4.95. The van der Waals surface area contributed by atoms with Gasteiger partial charge in [-0.05, 0) is 32.1 Å². The van der Waals surface area contributed by atoms with E-state index in [1.54, 1.807) is 7.11 Å². The Hall–Kier alpha value is -0.120. The molecule has 18 heavy (non-hydrogen) atoms. The Balaban J connectivity index is 3.00. The zero-order valence-corrected chi connectivity index (χ0v) is 13.0. The van der Waals surface area contributed by atoms with Crippen molar-refractivity contribution in [3.8, 4) is 0 Å². The predicted octanol–water partition coefficient (Wildman–Crippen LogP) is 2.64. The van der Waals surface area contributed by atoms with Crippen LogP contribution in [0.15, 0.2) is 0 Å². The molecular formula is C15H32N2O. The van der Waals surface area contributed by atoms with E-state index < -0.39 is 0 Å². The van der Waals surface area contributed by atoms with E-state index in [2.05, 4.69) is 32.6 Å². The molecule has 0 radical (unpaired) electrons. The molecule has 3 nitrogen and oxygen atoms in total. The van der Waals surface area contributed by atoms with Crippen LogP contribution >= 0.6 is 0 Å². The van der Waals surface area contributed by atoms with Gasteiger partial charge in [-0.15, -0.1) is 0 Å². The van der Waals surface area contributed by atoms with Crippen molar-refractivity contribution >= 4 is 0 Å². The van der Waals surface area contributed by atoms with Crippen LogP contribution < -0.4 is 5.73 Å². The number of ether oxygens (including phenoxy) is 1. The highest BCUT2D eigenvalue weighted by atomic mass is 16.5. The summed E-state index contributed by atoms with van der Waals surface area (Å²) in [6, 6.07) is 0.515. The van der Waals surface area contributed by atoms with Crippen molar-refractivity contribution in [3.63, 3.8) is 0 Å². The summed E-state index contributed by atoms with van der Waals surface area (Å²) in [5.41, 5.74) is 6.67. The van der Waals surface area contributed by atoms with Gasteiger partial charge in [0.25, 0.3) is 0 Å².